The Kier molecular flexibility index (Phi) is 9.36. The van der Waals surface area contributed by atoms with Crippen LogP contribution in [0.4, 0.5) is 5.13 Å². The number of benzene rings is 2. The molecular formula is C23H28ClN3O4S3. The third-order valence-corrected chi connectivity index (χ3v) is 8.47. The number of anilines is 1. The Labute approximate surface area is 214 Å². The highest BCUT2D eigenvalue weighted by Gasteiger charge is 2.24. The molecular weight excluding hydrogens is 514 g/mol. The number of sulfone groups is 1. The number of nitrogens with zero attached hydrogens (tertiary/aromatic N) is 3. The molecule has 0 aliphatic carbocycles. The molecule has 3 aromatic rings. The topological polar surface area (TPSA) is 79.8 Å². The van der Waals surface area contributed by atoms with Crippen molar-refractivity contribution in [3.8, 4) is 0 Å². The summed E-state index contributed by atoms with van der Waals surface area (Å²) in [5, 5.41) is 0.506. The molecule has 1 amide bonds. The van der Waals surface area contributed by atoms with Gasteiger partial charge in [0.15, 0.2) is 15.0 Å². The minimum Gasteiger partial charge on any atom is -0.379 e. The second-order valence-corrected chi connectivity index (χ2v) is 12.1. The minimum atomic E-state index is -3.44. The number of rotatable bonds is 8. The normalized spacial score (nSPS) is 14.6. The van der Waals surface area contributed by atoms with Crippen molar-refractivity contribution < 1.29 is 17.9 Å². The molecule has 1 aromatic heterocycles. The van der Waals surface area contributed by atoms with Gasteiger partial charge in [0.2, 0.25) is 0 Å². The van der Waals surface area contributed by atoms with Crippen LogP contribution in [-0.4, -0.2) is 75.6 Å². The van der Waals surface area contributed by atoms with Crippen molar-refractivity contribution in [1.82, 2.24) is 9.88 Å². The van der Waals surface area contributed by atoms with Gasteiger partial charge in [0.05, 0.1) is 22.8 Å². The van der Waals surface area contributed by atoms with E-state index in [4.69, 9.17) is 4.74 Å². The summed E-state index contributed by atoms with van der Waals surface area (Å²) < 4.78 is 30.7. The Balaban J connectivity index is 0.00000324. The largest absolute Gasteiger partial charge is 0.379 e. The van der Waals surface area contributed by atoms with Crippen LogP contribution in [0.5, 0.6) is 0 Å². The Hall–Kier alpha value is -1.69. The van der Waals surface area contributed by atoms with Gasteiger partial charge in [0, 0.05) is 42.9 Å². The zero-order valence-electron chi connectivity index (χ0n) is 19.1. The predicted octanol–water partition coefficient (Wildman–Crippen LogP) is 4.21. The number of ether oxygens (including phenoxy) is 1. The summed E-state index contributed by atoms with van der Waals surface area (Å²) in [5.74, 6) is 0.823. The first-order valence-corrected chi connectivity index (χ1v) is 14.5. The van der Waals surface area contributed by atoms with Gasteiger partial charge in [-0.15, -0.1) is 24.2 Å². The van der Waals surface area contributed by atoms with Crippen molar-refractivity contribution in [2.24, 2.45) is 0 Å². The van der Waals surface area contributed by atoms with Crippen LogP contribution in [-0.2, 0) is 14.6 Å². The summed E-state index contributed by atoms with van der Waals surface area (Å²) in [7, 11) is -3.44. The molecule has 0 bridgehead atoms. The molecule has 4 rings (SSSR count). The first kappa shape index (κ1) is 26.9. The van der Waals surface area contributed by atoms with Gasteiger partial charge in [0.1, 0.15) is 5.52 Å². The van der Waals surface area contributed by atoms with Crippen LogP contribution in [0.2, 0.25) is 0 Å². The molecule has 0 atom stereocenters. The van der Waals surface area contributed by atoms with Crippen LogP contribution >= 0.6 is 35.5 Å². The van der Waals surface area contributed by atoms with Crippen LogP contribution in [0.15, 0.2) is 52.3 Å². The number of hydrogen-bond donors (Lipinski definition) is 0. The predicted molar refractivity (Wildman–Crippen MR) is 142 cm³/mol. The second-order valence-electron chi connectivity index (χ2n) is 7.74. The molecule has 2 aromatic carbocycles. The van der Waals surface area contributed by atoms with Gasteiger partial charge in [0.25, 0.3) is 5.91 Å². The lowest BCUT2D eigenvalue weighted by atomic mass is 10.2. The molecule has 0 N–H and O–H groups in total. The van der Waals surface area contributed by atoms with Crippen LogP contribution in [0, 0.1) is 0 Å². The number of amides is 1. The molecule has 7 nitrogen and oxygen atoms in total. The lowest BCUT2D eigenvalue weighted by Gasteiger charge is -2.29. The maximum Gasteiger partial charge on any atom is 0.260 e. The number of aromatic nitrogens is 1. The molecule has 0 spiro atoms. The molecule has 1 aliphatic heterocycles. The summed E-state index contributed by atoms with van der Waals surface area (Å²) in [4.78, 5) is 23.4. The number of para-hydroxylation sites is 1. The highest BCUT2D eigenvalue weighted by atomic mass is 35.5. The SMILES string of the molecule is CCSc1ccc(C(=O)N(CCN2CCOCC2)c2nc3c(S(C)(=O)=O)cccc3s2)cc1.Cl. The van der Waals surface area contributed by atoms with Crippen molar-refractivity contribution in [1.29, 1.82) is 0 Å². The van der Waals surface area contributed by atoms with Gasteiger partial charge in [-0.1, -0.05) is 24.3 Å². The molecule has 1 saturated heterocycles. The monoisotopic (exact) mass is 541 g/mol. The van der Waals surface area contributed by atoms with Gasteiger partial charge < -0.3 is 4.74 Å². The van der Waals surface area contributed by atoms with Gasteiger partial charge in [-0.05, 0) is 42.2 Å². The highest BCUT2D eigenvalue weighted by molar-refractivity contribution is 7.99. The first-order chi connectivity index (χ1) is 15.9. The van der Waals surface area contributed by atoms with E-state index < -0.39 is 9.84 Å². The lowest BCUT2D eigenvalue weighted by Crippen LogP contribution is -2.43. The maximum absolute atomic E-state index is 13.6. The number of carbonyl (C=O) groups excluding carboxylic acids is 1. The molecule has 0 radical (unpaired) electrons. The average molecular weight is 542 g/mol. The Bertz CT molecular complexity index is 1230. The fourth-order valence-corrected chi connectivity index (χ4v) is 6.27. The van der Waals surface area contributed by atoms with E-state index in [9.17, 15) is 13.2 Å². The number of halogens is 1. The van der Waals surface area contributed by atoms with E-state index in [0.717, 1.165) is 28.4 Å². The average Bonchev–Trinajstić information content (AvgIpc) is 3.23. The van der Waals surface area contributed by atoms with E-state index >= 15 is 0 Å². The smallest absolute Gasteiger partial charge is 0.260 e. The lowest BCUT2D eigenvalue weighted by molar-refractivity contribution is 0.0391. The minimum absolute atomic E-state index is 0. The van der Waals surface area contributed by atoms with Crippen LogP contribution in [0.1, 0.15) is 17.3 Å². The van der Waals surface area contributed by atoms with E-state index in [1.165, 1.54) is 17.6 Å². The Morgan fingerprint density at radius 2 is 1.88 bits per heavy atom. The van der Waals surface area contributed by atoms with Crippen molar-refractivity contribution >= 4 is 66.6 Å². The zero-order chi connectivity index (χ0) is 23.4. The molecule has 0 saturated carbocycles. The van der Waals surface area contributed by atoms with E-state index in [2.05, 4.69) is 16.8 Å². The molecule has 184 valence electrons. The van der Waals surface area contributed by atoms with Gasteiger partial charge >= 0.3 is 0 Å². The quantitative estimate of drug-likeness (QED) is 0.395. The first-order valence-electron chi connectivity index (χ1n) is 10.8. The standard InChI is InChI=1S/C23H27N3O4S3.ClH/c1-3-31-18-9-7-17(8-10-18)22(27)26(12-11-25-13-15-30-16-14-25)23-24-21-19(32-23)5-4-6-20(21)33(2,28)29;/h4-10H,3,11-16H2,1-2H3;1H. The fourth-order valence-electron chi connectivity index (χ4n) is 3.69. The highest BCUT2D eigenvalue weighted by Crippen LogP contribution is 2.33. The summed E-state index contributed by atoms with van der Waals surface area (Å²) in [5.41, 5.74) is 0.999. The Morgan fingerprint density at radius 3 is 2.53 bits per heavy atom. The number of thiazole rings is 1. The third-order valence-electron chi connectivity index (χ3n) is 5.40. The summed E-state index contributed by atoms with van der Waals surface area (Å²) >= 11 is 3.06. The van der Waals surface area contributed by atoms with Crippen LogP contribution in [0.3, 0.4) is 0 Å². The van der Waals surface area contributed by atoms with E-state index in [1.807, 2.05) is 30.3 Å². The van der Waals surface area contributed by atoms with E-state index in [0.29, 0.717) is 42.5 Å². The number of fused-ring (bicyclic) bond motifs is 1. The summed E-state index contributed by atoms with van der Waals surface area (Å²) in [6.45, 7) is 6.25. The third kappa shape index (κ3) is 6.30. The second kappa shape index (κ2) is 11.8. The summed E-state index contributed by atoms with van der Waals surface area (Å²) in [6.07, 6.45) is 1.18. The summed E-state index contributed by atoms with van der Waals surface area (Å²) in [6, 6.07) is 12.7. The van der Waals surface area contributed by atoms with Crippen molar-refractivity contribution in [2.45, 2.75) is 16.7 Å². The van der Waals surface area contributed by atoms with Gasteiger partial charge in [-0.25, -0.2) is 13.4 Å². The van der Waals surface area contributed by atoms with Gasteiger partial charge in [-0.3, -0.25) is 14.6 Å². The number of thioether (sulfide) groups is 1. The fraction of sp³-hybridized carbons (Fsp3) is 0.391. The molecule has 1 aliphatic rings. The molecule has 0 unspecified atom stereocenters. The molecule has 34 heavy (non-hydrogen) atoms. The van der Waals surface area contributed by atoms with E-state index in [1.54, 1.807) is 28.8 Å². The number of carbonyl (C=O) groups is 1. The zero-order valence-corrected chi connectivity index (χ0v) is 22.4. The van der Waals surface area contributed by atoms with Crippen molar-refractivity contribution in [2.75, 3.05) is 56.3 Å². The van der Waals surface area contributed by atoms with Crippen molar-refractivity contribution in [3.05, 3.63) is 48.0 Å². The van der Waals surface area contributed by atoms with Crippen LogP contribution < -0.4 is 4.90 Å². The molecule has 2 heterocycles. The Morgan fingerprint density at radius 1 is 1.18 bits per heavy atom. The van der Waals surface area contributed by atoms with Gasteiger partial charge in [-0.2, -0.15) is 0 Å². The maximum atomic E-state index is 13.6. The van der Waals surface area contributed by atoms with Crippen LogP contribution in [0.25, 0.3) is 10.2 Å². The van der Waals surface area contributed by atoms with Crippen molar-refractivity contribution in [3.63, 3.8) is 0 Å². The molecule has 1 fully saturated rings. The number of morpholine rings is 1. The van der Waals surface area contributed by atoms with E-state index in [-0.39, 0.29) is 23.2 Å². The molecule has 11 heteroatoms. The number of hydrogen-bond acceptors (Lipinski definition) is 8.